The summed E-state index contributed by atoms with van der Waals surface area (Å²) in [6.07, 6.45) is 3.09. The number of fused-ring (bicyclic) bond motifs is 1. The highest BCUT2D eigenvalue weighted by molar-refractivity contribution is 6.11. The maximum absolute atomic E-state index is 12.2. The number of aromatic nitrogens is 1. The second kappa shape index (κ2) is 5.14. The minimum atomic E-state index is -0.247. The van der Waals surface area contributed by atoms with Crippen molar-refractivity contribution in [3.63, 3.8) is 0 Å². The number of nitrogens with two attached hydrogens (primary N) is 1. The highest BCUT2D eigenvalue weighted by Crippen LogP contribution is 2.21. The van der Waals surface area contributed by atoms with Crippen molar-refractivity contribution in [1.82, 2.24) is 4.98 Å². The van der Waals surface area contributed by atoms with Crippen LogP contribution in [0, 0.1) is 0 Å². The molecule has 0 bridgehead atoms. The van der Waals surface area contributed by atoms with Crippen LogP contribution in [-0.2, 0) is 6.54 Å². The Kier molecular flexibility index (Phi) is 3.18. The first-order chi connectivity index (χ1) is 9.78. The van der Waals surface area contributed by atoms with Gasteiger partial charge in [-0.2, -0.15) is 0 Å². The minimum Gasteiger partial charge on any atom is -0.463 e. The van der Waals surface area contributed by atoms with Crippen molar-refractivity contribution < 1.29 is 9.21 Å². The smallest absolute Gasteiger partial charge is 0.260 e. The molecule has 0 saturated carbocycles. The van der Waals surface area contributed by atoms with Crippen LogP contribution in [0.5, 0.6) is 0 Å². The van der Waals surface area contributed by atoms with Gasteiger partial charge in [0, 0.05) is 18.1 Å². The van der Waals surface area contributed by atoms with Crippen molar-refractivity contribution in [3.05, 3.63) is 60.0 Å². The first-order valence-electron chi connectivity index (χ1n) is 6.20. The highest BCUT2D eigenvalue weighted by atomic mass is 16.3. The average Bonchev–Trinajstić information content (AvgIpc) is 2.92. The quantitative estimate of drug-likeness (QED) is 0.764. The molecule has 0 atom stereocenters. The number of nitrogens with one attached hydrogen (secondary N) is 1. The molecular formula is C15H13N3O2. The molecule has 5 heteroatoms. The van der Waals surface area contributed by atoms with Crippen LogP contribution in [0.2, 0.25) is 0 Å². The number of amides is 1. The van der Waals surface area contributed by atoms with Crippen LogP contribution in [0.15, 0.2) is 53.3 Å². The highest BCUT2D eigenvalue weighted by Gasteiger charge is 2.13. The van der Waals surface area contributed by atoms with E-state index < -0.39 is 0 Å². The zero-order chi connectivity index (χ0) is 13.9. The Morgan fingerprint density at radius 2 is 2.10 bits per heavy atom. The molecule has 0 radical (unpaired) electrons. The van der Waals surface area contributed by atoms with Crippen molar-refractivity contribution in [1.29, 1.82) is 0 Å². The fourth-order valence-corrected chi connectivity index (χ4v) is 1.96. The fraction of sp³-hybridized carbons (Fsp3) is 0.0667. The Labute approximate surface area is 115 Å². The molecule has 5 nitrogen and oxygen atoms in total. The Hall–Kier alpha value is -2.66. The molecule has 3 rings (SSSR count). The third-order valence-electron chi connectivity index (χ3n) is 3.03. The number of carbonyl (C=O) groups is 1. The molecule has 0 spiro atoms. The second-order valence-corrected chi connectivity index (χ2v) is 4.36. The predicted molar refractivity (Wildman–Crippen MR) is 76.3 cm³/mol. The van der Waals surface area contributed by atoms with Crippen LogP contribution in [0.3, 0.4) is 0 Å². The normalized spacial score (nSPS) is 10.7. The summed E-state index contributed by atoms with van der Waals surface area (Å²) in [4.78, 5) is 16.3. The van der Waals surface area contributed by atoms with Gasteiger partial charge in [-0.1, -0.05) is 24.3 Å². The van der Waals surface area contributed by atoms with E-state index in [-0.39, 0.29) is 5.91 Å². The lowest BCUT2D eigenvalue weighted by Gasteiger charge is -2.03. The van der Waals surface area contributed by atoms with E-state index in [4.69, 9.17) is 10.2 Å². The Morgan fingerprint density at radius 3 is 2.85 bits per heavy atom. The number of anilines is 1. The number of nitrogens with zero attached hydrogens (tertiary/aromatic N) is 1. The molecule has 0 aliphatic rings. The predicted octanol–water partition coefficient (Wildman–Crippen LogP) is 2.54. The molecule has 3 aromatic rings. The van der Waals surface area contributed by atoms with E-state index in [2.05, 4.69) is 10.3 Å². The van der Waals surface area contributed by atoms with Crippen LogP contribution in [-0.4, -0.2) is 10.9 Å². The molecule has 100 valence electrons. The number of furan rings is 1. The summed E-state index contributed by atoms with van der Waals surface area (Å²) >= 11 is 0. The van der Waals surface area contributed by atoms with E-state index in [0.717, 1.165) is 10.9 Å². The molecule has 3 N–H and O–H groups in total. The van der Waals surface area contributed by atoms with Gasteiger partial charge in [-0.3, -0.25) is 4.79 Å². The third-order valence-corrected chi connectivity index (χ3v) is 3.03. The summed E-state index contributed by atoms with van der Waals surface area (Å²) in [5.41, 5.74) is 7.59. The Bertz CT molecular complexity index is 747. The van der Waals surface area contributed by atoms with Crippen LogP contribution < -0.4 is 11.1 Å². The van der Waals surface area contributed by atoms with E-state index in [1.54, 1.807) is 12.3 Å². The van der Waals surface area contributed by atoms with E-state index >= 15 is 0 Å². The van der Waals surface area contributed by atoms with E-state index in [1.807, 2.05) is 30.3 Å². The lowest BCUT2D eigenvalue weighted by Crippen LogP contribution is -2.12. The topological polar surface area (TPSA) is 81.1 Å². The van der Waals surface area contributed by atoms with E-state index in [0.29, 0.717) is 23.5 Å². The lowest BCUT2D eigenvalue weighted by molar-refractivity contribution is 0.102. The number of rotatable bonds is 3. The number of benzene rings is 1. The van der Waals surface area contributed by atoms with Gasteiger partial charge in [0.2, 0.25) is 0 Å². The van der Waals surface area contributed by atoms with E-state index in [9.17, 15) is 4.79 Å². The molecule has 20 heavy (non-hydrogen) atoms. The van der Waals surface area contributed by atoms with Gasteiger partial charge in [0.1, 0.15) is 17.7 Å². The third kappa shape index (κ3) is 2.26. The number of pyridine rings is 1. The van der Waals surface area contributed by atoms with Crippen LogP contribution in [0.4, 0.5) is 5.82 Å². The largest absolute Gasteiger partial charge is 0.463 e. The van der Waals surface area contributed by atoms with Crippen molar-refractivity contribution in [2.24, 2.45) is 5.73 Å². The summed E-state index contributed by atoms with van der Waals surface area (Å²) in [5, 5.41) is 3.52. The second-order valence-electron chi connectivity index (χ2n) is 4.36. The van der Waals surface area contributed by atoms with Gasteiger partial charge in [0.05, 0.1) is 5.56 Å². The zero-order valence-electron chi connectivity index (χ0n) is 10.7. The van der Waals surface area contributed by atoms with Crippen LogP contribution >= 0.6 is 0 Å². The number of para-hydroxylation sites is 1. The molecule has 0 aliphatic heterocycles. The minimum absolute atomic E-state index is 0.247. The molecule has 1 amide bonds. The van der Waals surface area contributed by atoms with Gasteiger partial charge < -0.3 is 15.5 Å². The summed E-state index contributed by atoms with van der Waals surface area (Å²) in [5.74, 6) is 0.237. The lowest BCUT2D eigenvalue weighted by atomic mass is 10.1. The monoisotopic (exact) mass is 267 g/mol. The molecular weight excluding hydrogens is 254 g/mol. The zero-order valence-corrected chi connectivity index (χ0v) is 10.7. The SMILES string of the molecule is NCc1ccc(NC(=O)c2coc3ccccc23)nc1. The van der Waals surface area contributed by atoms with Gasteiger partial charge in [0.25, 0.3) is 5.91 Å². The van der Waals surface area contributed by atoms with Gasteiger partial charge in [-0.15, -0.1) is 0 Å². The van der Waals surface area contributed by atoms with Gasteiger partial charge in [-0.05, 0) is 17.7 Å². The number of hydrogen-bond donors (Lipinski definition) is 2. The molecule has 2 aromatic heterocycles. The number of hydrogen-bond acceptors (Lipinski definition) is 4. The summed E-state index contributed by atoms with van der Waals surface area (Å²) < 4.78 is 5.35. The van der Waals surface area contributed by atoms with E-state index in [1.165, 1.54) is 6.26 Å². The van der Waals surface area contributed by atoms with Crippen LogP contribution in [0.1, 0.15) is 15.9 Å². The van der Waals surface area contributed by atoms with Gasteiger partial charge in [0.15, 0.2) is 0 Å². The van der Waals surface area contributed by atoms with Gasteiger partial charge in [-0.25, -0.2) is 4.98 Å². The maximum Gasteiger partial charge on any atom is 0.260 e. The number of carbonyl (C=O) groups excluding carboxylic acids is 1. The van der Waals surface area contributed by atoms with Crippen molar-refractivity contribution in [3.8, 4) is 0 Å². The molecule has 0 unspecified atom stereocenters. The van der Waals surface area contributed by atoms with Crippen molar-refractivity contribution in [2.75, 3.05) is 5.32 Å². The average molecular weight is 267 g/mol. The maximum atomic E-state index is 12.2. The summed E-state index contributed by atoms with van der Waals surface area (Å²) in [6.45, 7) is 0.424. The molecule has 2 heterocycles. The fourth-order valence-electron chi connectivity index (χ4n) is 1.96. The molecule has 1 aromatic carbocycles. The molecule has 0 aliphatic carbocycles. The standard InChI is InChI=1S/C15H13N3O2/c16-7-10-5-6-14(17-8-10)18-15(19)12-9-20-13-4-2-1-3-11(12)13/h1-6,8-9H,7,16H2,(H,17,18,19). The van der Waals surface area contributed by atoms with Crippen molar-refractivity contribution in [2.45, 2.75) is 6.54 Å². The van der Waals surface area contributed by atoms with Gasteiger partial charge >= 0.3 is 0 Å². The summed E-state index contributed by atoms with van der Waals surface area (Å²) in [7, 11) is 0. The Morgan fingerprint density at radius 1 is 1.25 bits per heavy atom. The summed E-state index contributed by atoms with van der Waals surface area (Å²) in [6, 6.07) is 10.9. The molecule has 0 fully saturated rings. The van der Waals surface area contributed by atoms with Crippen LogP contribution in [0.25, 0.3) is 11.0 Å². The van der Waals surface area contributed by atoms with Crippen molar-refractivity contribution >= 4 is 22.7 Å². The first kappa shape index (κ1) is 12.4. The first-order valence-corrected chi connectivity index (χ1v) is 6.20. The molecule has 0 saturated heterocycles. The Balaban J connectivity index is 1.85.